The molecule has 0 saturated carbocycles. The predicted octanol–water partition coefficient (Wildman–Crippen LogP) is 5.62. The molecule has 0 aromatic carbocycles. The van der Waals surface area contributed by atoms with Crippen LogP contribution in [0.25, 0.3) is 0 Å². The largest absolute Gasteiger partial charge is 0.478 e. The van der Waals surface area contributed by atoms with Crippen molar-refractivity contribution in [1.82, 2.24) is 0 Å². The van der Waals surface area contributed by atoms with Crippen molar-refractivity contribution >= 4 is 11.8 Å². The lowest BCUT2D eigenvalue weighted by Crippen LogP contribution is -1.95. The smallest absolute Gasteiger partial charge is 0.328 e. The van der Waals surface area contributed by atoms with E-state index in [1.165, 1.54) is 51.0 Å². The van der Waals surface area contributed by atoms with Crippen LogP contribution in [0.5, 0.6) is 0 Å². The fraction of sp³-hybridized carbons (Fsp3) is 0.600. The lowest BCUT2D eigenvalue weighted by Gasteiger charge is -2.01. The van der Waals surface area contributed by atoms with Gasteiger partial charge in [-0.15, -0.1) is 0 Å². The molecule has 1 N–H and O–H groups in total. The Morgan fingerprint density at radius 2 is 1.35 bits per heavy atom. The number of rotatable bonds is 15. The molecular weight excluding hydrogens is 288 g/mol. The van der Waals surface area contributed by atoms with E-state index in [1.54, 1.807) is 18.2 Å². The van der Waals surface area contributed by atoms with Crippen LogP contribution in [0, 0.1) is 0 Å². The molecule has 3 heteroatoms. The summed E-state index contributed by atoms with van der Waals surface area (Å²) >= 11 is 0. The minimum Gasteiger partial charge on any atom is -0.478 e. The van der Waals surface area contributed by atoms with Gasteiger partial charge in [0.2, 0.25) is 0 Å². The third kappa shape index (κ3) is 18.3. The highest BCUT2D eigenvalue weighted by Gasteiger charge is 1.99. The summed E-state index contributed by atoms with van der Waals surface area (Å²) in [5, 5.41) is 8.39. The molecule has 0 radical (unpaired) electrons. The van der Waals surface area contributed by atoms with Gasteiger partial charge in [0, 0.05) is 18.9 Å². The maximum absolute atomic E-state index is 11.7. The van der Waals surface area contributed by atoms with Gasteiger partial charge in [0.15, 0.2) is 0 Å². The van der Waals surface area contributed by atoms with Gasteiger partial charge in [-0.05, 0) is 6.42 Å². The van der Waals surface area contributed by atoms with Crippen LogP contribution in [0.2, 0.25) is 0 Å². The number of aliphatic carboxylic acids is 1. The quantitative estimate of drug-likeness (QED) is 0.242. The second kappa shape index (κ2) is 16.7. The van der Waals surface area contributed by atoms with Gasteiger partial charge < -0.3 is 5.11 Å². The predicted molar refractivity (Wildman–Crippen MR) is 96.5 cm³/mol. The minimum absolute atomic E-state index is 0.277. The summed E-state index contributed by atoms with van der Waals surface area (Å²) in [5.41, 5.74) is 0. The first kappa shape index (κ1) is 21.4. The van der Waals surface area contributed by atoms with E-state index < -0.39 is 5.97 Å². The zero-order valence-electron chi connectivity index (χ0n) is 14.5. The number of carboxylic acids is 1. The van der Waals surface area contributed by atoms with Crippen molar-refractivity contribution in [1.29, 1.82) is 0 Å². The average molecular weight is 320 g/mol. The van der Waals surface area contributed by atoms with Crippen molar-refractivity contribution in [3.05, 3.63) is 36.5 Å². The van der Waals surface area contributed by atoms with E-state index in [-0.39, 0.29) is 5.78 Å². The van der Waals surface area contributed by atoms with Crippen molar-refractivity contribution < 1.29 is 14.7 Å². The first-order valence-electron chi connectivity index (χ1n) is 8.91. The maximum atomic E-state index is 11.7. The van der Waals surface area contributed by atoms with Gasteiger partial charge in [0.25, 0.3) is 0 Å². The first-order chi connectivity index (χ1) is 11.2. The Hall–Kier alpha value is -1.64. The summed E-state index contributed by atoms with van der Waals surface area (Å²) in [6.45, 7) is 2.24. The Morgan fingerprint density at radius 1 is 0.783 bits per heavy atom. The molecule has 0 aliphatic rings. The van der Waals surface area contributed by atoms with Crippen LogP contribution in [0.3, 0.4) is 0 Å². The molecule has 0 aromatic rings. The van der Waals surface area contributed by atoms with Gasteiger partial charge in [-0.2, -0.15) is 0 Å². The highest BCUT2D eigenvalue weighted by molar-refractivity contribution is 5.80. The van der Waals surface area contributed by atoms with Crippen molar-refractivity contribution in [2.45, 2.75) is 77.6 Å². The van der Waals surface area contributed by atoms with E-state index >= 15 is 0 Å². The first-order valence-corrected chi connectivity index (χ1v) is 8.91. The number of hydrogen-bond donors (Lipinski definition) is 1. The Morgan fingerprint density at radius 3 is 1.96 bits per heavy atom. The molecule has 0 saturated heterocycles. The summed E-state index contributed by atoms with van der Waals surface area (Å²) in [6, 6.07) is 0. The maximum Gasteiger partial charge on any atom is 0.328 e. The topological polar surface area (TPSA) is 54.4 Å². The van der Waals surface area contributed by atoms with E-state index in [2.05, 4.69) is 6.92 Å². The summed E-state index contributed by atoms with van der Waals surface area (Å²) < 4.78 is 0. The molecule has 0 aliphatic heterocycles. The van der Waals surface area contributed by atoms with E-state index in [0.717, 1.165) is 18.9 Å². The molecule has 0 atom stereocenters. The molecule has 0 fully saturated rings. The van der Waals surface area contributed by atoms with Crippen molar-refractivity contribution in [2.75, 3.05) is 0 Å². The second-order valence-electron chi connectivity index (χ2n) is 5.83. The molecule has 0 bridgehead atoms. The van der Waals surface area contributed by atoms with E-state index in [4.69, 9.17) is 5.11 Å². The van der Waals surface area contributed by atoms with Gasteiger partial charge in [-0.25, -0.2) is 4.79 Å². The van der Waals surface area contributed by atoms with Crippen LogP contribution in [0.4, 0.5) is 0 Å². The van der Waals surface area contributed by atoms with E-state index in [9.17, 15) is 9.59 Å². The molecule has 0 heterocycles. The van der Waals surface area contributed by atoms with Crippen LogP contribution >= 0.6 is 0 Å². The average Bonchev–Trinajstić information content (AvgIpc) is 2.52. The van der Waals surface area contributed by atoms with Crippen LogP contribution < -0.4 is 0 Å². The SMILES string of the molecule is CCCCCCCCCCCC(=O)CC=CC=CC=CC(=O)O. The number of Topliss-reactive ketones (excluding diaryl/α,β-unsaturated/α-hetero) is 1. The summed E-state index contributed by atoms with van der Waals surface area (Å²) in [6.07, 6.45) is 22.0. The number of unbranched alkanes of at least 4 members (excludes halogenated alkanes) is 8. The molecule has 0 unspecified atom stereocenters. The molecule has 0 aliphatic carbocycles. The van der Waals surface area contributed by atoms with Crippen LogP contribution in [0.15, 0.2) is 36.5 Å². The molecule has 3 nitrogen and oxygen atoms in total. The van der Waals surface area contributed by atoms with Crippen molar-refractivity contribution in [3.63, 3.8) is 0 Å². The number of carbonyl (C=O) groups excluding carboxylic acids is 1. The third-order valence-electron chi connectivity index (χ3n) is 3.61. The Balaban J connectivity index is 3.45. The summed E-state index contributed by atoms with van der Waals surface area (Å²) in [4.78, 5) is 21.9. The highest BCUT2D eigenvalue weighted by Crippen LogP contribution is 2.11. The van der Waals surface area contributed by atoms with Crippen LogP contribution in [-0.4, -0.2) is 16.9 Å². The van der Waals surface area contributed by atoms with Crippen LogP contribution in [-0.2, 0) is 9.59 Å². The number of allylic oxidation sites excluding steroid dienone is 5. The molecule has 0 spiro atoms. The number of carbonyl (C=O) groups is 2. The number of hydrogen-bond acceptors (Lipinski definition) is 2. The molecule has 130 valence electrons. The fourth-order valence-electron chi connectivity index (χ4n) is 2.28. The van der Waals surface area contributed by atoms with Gasteiger partial charge in [-0.1, -0.05) is 88.7 Å². The normalized spacial score (nSPS) is 11.9. The zero-order chi connectivity index (χ0) is 17.2. The lowest BCUT2D eigenvalue weighted by atomic mass is 10.0. The molecule has 0 aromatic heterocycles. The molecular formula is C20H32O3. The Labute approximate surface area is 141 Å². The van der Waals surface area contributed by atoms with Crippen LogP contribution in [0.1, 0.15) is 77.6 Å². The monoisotopic (exact) mass is 320 g/mol. The van der Waals surface area contributed by atoms with Gasteiger partial charge in [0.05, 0.1) is 0 Å². The zero-order valence-corrected chi connectivity index (χ0v) is 14.5. The molecule has 23 heavy (non-hydrogen) atoms. The van der Waals surface area contributed by atoms with Crippen molar-refractivity contribution in [3.8, 4) is 0 Å². The standard InChI is InChI=1S/C20H32O3/c1-2-3-4-5-6-7-8-10-13-16-19(21)17-14-11-9-12-15-18-20(22)23/h9,11-12,14-15,18H,2-8,10,13,16-17H2,1H3,(H,22,23). The Kier molecular flexibility index (Phi) is 15.5. The lowest BCUT2D eigenvalue weighted by molar-refractivity contribution is -0.131. The molecule has 0 rings (SSSR count). The van der Waals surface area contributed by atoms with E-state index in [0.29, 0.717) is 12.8 Å². The second-order valence-corrected chi connectivity index (χ2v) is 5.83. The number of ketones is 1. The number of carboxylic acid groups (broad SMARTS) is 1. The third-order valence-corrected chi connectivity index (χ3v) is 3.61. The van der Waals surface area contributed by atoms with Crippen molar-refractivity contribution in [2.24, 2.45) is 0 Å². The Bertz CT molecular complexity index is 392. The highest BCUT2D eigenvalue weighted by atomic mass is 16.4. The van der Waals surface area contributed by atoms with Gasteiger partial charge in [-0.3, -0.25) is 4.79 Å². The molecule has 0 amide bonds. The fourth-order valence-corrected chi connectivity index (χ4v) is 2.28. The summed E-state index contributed by atoms with van der Waals surface area (Å²) in [7, 11) is 0. The van der Waals surface area contributed by atoms with Gasteiger partial charge in [0.1, 0.15) is 5.78 Å². The summed E-state index contributed by atoms with van der Waals surface area (Å²) in [5.74, 6) is -0.687. The minimum atomic E-state index is -0.963. The van der Waals surface area contributed by atoms with E-state index in [1.807, 2.05) is 6.08 Å². The van der Waals surface area contributed by atoms with Gasteiger partial charge >= 0.3 is 5.97 Å².